The number of nitrogens with zero attached hydrogens (tertiary/aromatic N) is 2. The van der Waals surface area contributed by atoms with Crippen molar-refractivity contribution in [2.75, 3.05) is 19.0 Å². The van der Waals surface area contributed by atoms with Crippen molar-refractivity contribution in [2.45, 2.75) is 38.1 Å². The van der Waals surface area contributed by atoms with Gasteiger partial charge in [0.05, 0.1) is 12.6 Å². The van der Waals surface area contributed by atoms with Gasteiger partial charge >= 0.3 is 0 Å². The van der Waals surface area contributed by atoms with Gasteiger partial charge in [-0.2, -0.15) is 0 Å². The number of halogens is 1. The fourth-order valence-electron chi connectivity index (χ4n) is 1.71. The van der Waals surface area contributed by atoms with Crippen LogP contribution in [0.4, 0.5) is 5.82 Å². The van der Waals surface area contributed by atoms with E-state index in [1.54, 1.807) is 13.2 Å². The maximum Gasteiger partial charge on any atom is 0.135 e. The van der Waals surface area contributed by atoms with Gasteiger partial charge in [0, 0.05) is 19.1 Å². The molecule has 0 radical (unpaired) electrons. The predicted molar refractivity (Wildman–Crippen MR) is 68.6 cm³/mol. The quantitative estimate of drug-likeness (QED) is 0.794. The lowest BCUT2D eigenvalue weighted by Crippen LogP contribution is -2.24. The Morgan fingerprint density at radius 3 is 2.88 bits per heavy atom. The number of anilines is 1. The summed E-state index contributed by atoms with van der Waals surface area (Å²) >= 11 is 6.00. The lowest BCUT2D eigenvalue weighted by Gasteiger charge is -2.17. The number of hydrogen-bond acceptors (Lipinski definition) is 4. The summed E-state index contributed by atoms with van der Waals surface area (Å²) in [4.78, 5) is 8.76. The van der Waals surface area contributed by atoms with E-state index in [-0.39, 0.29) is 6.04 Å². The summed E-state index contributed by atoms with van der Waals surface area (Å²) in [6.45, 7) is 2.78. The molecular weight excluding hydrogens is 238 g/mol. The van der Waals surface area contributed by atoms with Crippen LogP contribution in [0.25, 0.3) is 0 Å². The molecule has 0 spiro atoms. The predicted octanol–water partition coefficient (Wildman–Crippen LogP) is 2.84. The highest BCUT2D eigenvalue weighted by atomic mass is 35.5. The molecule has 1 aliphatic rings. The third-order valence-corrected chi connectivity index (χ3v) is 3.06. The number of ether oxygens (including phenoxy) is 1. The summed E-state index contributed by atoms with van der Waals surface area (Å²) in [6, 6.07) is 2.03. The van der Waals surface area contributed by atoms with Gasteiger partial charge in [0.25, 0.3) is 0 Å². The topological polar surface area (TPSA) is 47.0 Å². The Bertz CT molecular complexity index is 382. The van der Waals surface area contributed by atoms with Gasteiger partial charge in [-0.3, -0.25) is 0 Å². The Morgan fingerprint density at radius 1 is 1.53 bits per heavy atom. The lowest BCUT2D eigenvalue weighted by molar-refractivity contribution is 0.184. The van der Waals surface area contributed by atoms with Gasteiger partial charge in [0.1, 0.15) is 16.8 Å². The van der Waals surface area contributed by atoms with E-state index < -0.39 is 0 Å². The highest BCUT2D eigenvalue weighted by molar-refractivity contribution is 6.29. The van der Waals surface area contributed by atoms with Gasteiger partial charge < -0.3 is 10.1 Å². The zero-order chi connectivity index (χ0) is 12.3. The number of nitrogens with one attached hydrogen (secondary N) is 1. The van der Waals surface area contributed by atoms with E-state index in [1.165, 1.54) is 12.8 Å². The maximum atomic E-state index is 6.00. The van der Waals surface area contributed by atoms with Crippen molar-refractivity contribution in [3.63, 3.8) is 0 Å². The van der Waals surface area contributed by atoms with Gasteiger partial charge in [-0.05, 0) is 19.3 Å². The molecule has 1 heterocycles. The number of aromatic nitrogens is 2. The molecule has 0 amide bonds. The van der Waals surface area contributed by atoms with Crippen molar-refractivity contribution in [3.05, 3.63) is 17.0 Å². The third-order valence-electron chi connectivity index (χ3n) is 2.87. The SMILES string of the molecule is CCC(COC)Nc1cc(Cl)nc(C2CC2)n1. The van der Waals surface area contributed by atoms with Crippen LogP contribution in [0, 0.1) is 0 Å². The molecule has 1 unspecified atom stereocenters. The second kappa shape index (κ2) is 5.65. The summed E-state index contributed by atoms with van der Waals surface area (Å²) in [6.07, 6.45) is 3.33. The van der Waals surface area contributed by atoms with Crippen LogP contribution in [-0.4, -0.2) is 29.7 Å². The fraction of sp³-hybridized carbons (Fsp3) is 0.667. The summed E-state index contributed by atoms with van der Waals surface area (Å²) in [5.74, 6) is 2.18. The molecule has 94 valence electrons. The van der Waals surface area contributed by atoms with E-state index >= 15 is 0 Å². The van der Waals surface area contributed by atoms with Crippen molar-refractivity contribution < 1.29 is 4.74 Å². The second-order valence-corrected chi connectivity index (χ2v) is 4.80. The monoisotopic (exact) mass is 255 g/mol. The molecule has 0 saturated heterocycles. The Balaban J connectivity index is 2.08. The summed E-state index contributed by atoms with van der Waals surface area (Å²) in [5, 5.41) is 3.84. The van der Waals surface area contributed by atoms with Gasteiger partial charge in [0.15, 0.2) is 0 Å². The lowest BCUT2D eigenvalue weighted by atomic mass is 10.2. The zero-order valence-corrected chi connectivity index (χ0v) is 11.0. The number of hydrogen-bond donors (Lipinski definition) is 1. The Morgan fingerprint density at radius 2 is 2.29 bits per heavy atom. The van der Waals surface area contributed by atoms with Crippen LogP contribution in [0.15, 0.2) is 6.07 Å². The van der Waals surface area contributed by atoms with Crippen LogP contribution in [-0.2, 0) is 4.74 Å². The van der Waals surface area contributed by atoms with E-state index in [4.69, 9.17) is 16.3 Å². The van der Waals surface area contributed by atoms with E-state index in [2.05, 4.69) is 22.2 Å². The first-order valence-electron chi connectivity index (χ1n) is 6.03. The summed E-state index contributed by atoms with van der Waals surface area (Å²) < 4.78 is 5.15. The van der Waals surface area contributed by atoms with Crippen LogP contribution in [0.1, 0.15) is 37.9 Å². The largest absolute Gasteiger partial charge is 0.383 e. The smallest absolute Gasteiger partial charge is 0.135 e. The van der Waals surface area contributed by atoms with Gasteiger partial charge in [0.2, 0.25) is 0 Å². The minimum atomic E-state index is 0.262. The molecule has 1 N–H and O–H groups in total. The van der Waals surface area contributed by atoms with E-state index in [1.807, 2.05) is 0 Å². The van der Waals surface area contributed by atoms with E-state index in [0.29, 0.717) is 17.7 Å². The third kappa shape index (κ3) is 3.54. The van der Waals surface area contributed by atoms with Crippen molar-refractivity contribution in [3.8, 4) is 0 Å². The molecule has 1 atom stereocenters. The highest BCUT2D eigenvalue weighted by Crippen LogP contribution is 2.38. The van der Waals surface area contributed by atoms with E-state index in [0.717, 1.165) is 18.1 Å². The molecule has 1 aliphatic carbocycles. The van der Waals surface area contributed by atoms with E-state index in [9.17, 15) is 0 Å². The zero-order valence-electron chi connectivity index (χ0n) is 10.2. The molecule has 1 aromatic rings. The normalized spacial score (nSPS) is 16.9. The molecule has 1 aromatic heterocycles. The van der Waals surface area contributed by atoms with Gasteiger partial charge in [-0.15, -0.1) is 0 Å². The van der Waals surface area contributed by atoms with Gasteiger partial charge in [-0.1, -0.05) is 18.5 Å². The Hall–Kier alpha value is -0.870. The first-order chi connectivity index (χ1) is 8.22. The average molecular weight is 256 g/mol. The van der Waals surface area contributed by atoms with Crippen molar-refractivity contribution >= 4 is 17.4 Å². The number of methoxy groups -OCH3 is 1. The first kappa shape index (κ1) is 12.6. The highest BCUT2D eigenvalue weighted by Gasteiger charge is 2.27. The van der Waals surface area contributed by atoms with Crippen molar-refractivity contribution in [2.24, 2.45) is 0 Å². The molecule has 0 bridgehead atoms. The minimum Gasteiger partial charge on any atom is -0.383 e. The molecule has 1 fully saturated rings. The molecule has 0 aliphatic heterocycles. The maximum absolute atomic E-state index is 6.00. The van der Waals surface area contributed by atoms with Crippen molar-refractivity contribution in [1.29, 1.82) is 0 Å². The average Bonchev–Trinajstić information content (AvgIpc) is 3.11. The Labute approximate surface area is 107 Å². The van der Waals surface area contributed by atoms with Crippen LogP contribution in [0.2, 0.25) is 5.15 Å². The summed E-state index contributed by atoms with van der Waals surface area (Å²) in [7, 11) is 1.70. The van der Waals surface area contributed by atoms with Crippen LogP contribution < -0.4 is 5.32 Å². The standard InChI is InChI=1S/C12H18ClN3O/c1-3-9(7-17-2)14-11-6-10(13)15-12(16-11)8-4-5-8/h6,8-9H,3-5,7H2,1-2H3,(H,14,15,16). The van der Waals surface area contributed by atoms with Gasteiger partial charge in [-0.25, -0.2) is 9.97 Å². The van der Waals surface area contributed by atoms with Crippen LogP contribution >= 0.6 is 11.6 Å². The first-order valence-corrected chi connectivity index (χ1v) is 6.40. The molecule has 1 saturated carbocycles. The molecular formula is C12H18ClN3O. The minimum absolute atomic E-state index is 0.262. The second-order valence-electron chi connectivity index (χ2n) is 4.41. The van der Waals surface area contributed by atoms with Crippen LogP contribution in [0.3, 0.4) is 0 Å². The fourth-order valence-corrected chi connectivity index (χ4v) is 1.90. The molecule has 0 aromatic carbocycles. The van der Waals surface area contributed by atoms with Crippen molar-refractivity contribution in [1.82, 2.24) is 9.97 Å². The molecule has 17 heavy (non-hydrogen) atoms. The van der Waals surface area contributed by atoms with Crippen LogP contribution in [0.5, 0.6) is 0 Å². The summed E-state index contributed by atoms with van der Waals surface area (Å²) in [5.41, 5.74) is 0. The molecule has 4 nitrogen and oxygen atoms in total. The molecule has 2 rings (SSSR count). The number of rotatable bonds is 6. The molecule has 5 heteroatoms. The Kier molecular flexibility index (Phi) is 4.18.